The highest BCUT2D eigenvalue weighted by Crippen LogP contribution is 2.10. The molecule has 0 aliphatic carbocycles. The molecule has 2 N–H and O–H groups in total. The van der Waals surface area contributed by atoms with E-state index in [0.29, 0.717) is 0 Å². The third-order valence-electron chi connectivity index (χ3n) is 0.802. The Morgan fingerprint density at radius 1 is 1.78 bits per heavy atom. The number of carboxylic acid groups (broad SMARTS) is 1. The Morgan fingerprint density at radius 3 is 2.89 bits per heavy atom. The van der Waals surface area contributed by atoms with Gasteiger partial charge < -0.3 is 10.4 Å². The first-order valence-corrected chi connectivity index (χ1v) is 3.25. The van der Waals surface area contributed by atoms with Crippen molar-refractivity contribution in [3.05, 3.63) is 22.7 Å². The zero-order valence-electron chi connectivity index (χ0n) is 4.50. The minimum Gasteiger partial charge on any atom is -0.477 e. The van der Waals surface area contributed by atoms with E-state index in [0.717, 1.165) is 0 Å². The van der Waals surface area contributed by atoms with E-state index in [4.69, 9.17) is 5.11 Å². The van der Waals surface area contributed by atoms with E-state index < -0.39 is 5.97 Å². The Labute approximate surface area is 56.4 Å². The normalized spacial score (nSPS) is 16.2. The van der Waals surface area contributed by atoms with Crippen molar-refractivity contribution in [2.45, 2.75) is 0 Å². The predicted molar refractivity (Wildman–Crippen MR) is 35.6 cm³/mol. The molecule has 1 rings (SSSR count). The van der Waals surface area contributed by atoms with Gasteiger partial charge in [0.25, 0.3) is 0 Å². The average molecular weight is 143 g/mol. The Bertz CT molecular complexity index is 185. The molecule has 1 heterocycles. The van der Waals surface area contributed by atoms with Crippen molar-refractivity contribution in [2.75, 3.05) is 0 Å². The minimum absolute atomic E-state index is 0.225. The third-order valence-corrected chi connectivity index (χ3v) is 1.47. The van der Waals surface area contributed by atoms with Gasteiger partial charge in [-0.2, -0.15) is 0 Å². The van der Waals surface area contributed by atoms with Crippen LogP contribution in [-0.2, 0) is 4.79 Å². The van der Waals surface area contributed by atoms with Crippen LogP contribution in [-0.4, -0.2) is 11.1 Å². The van der Waals surface area contributed by atoms with Crippen molar-refractivity contribution in [2.24, 2.45) is 0 Å². The van der Waals surface area contributed by atoms with Crippen LogP contribution in [0.2, 0.25) is 0 Å². The maximum Gasteiger partial charge on any atom is 0.352 e. The molecule has 0 saturated carbocycles. The van der Waals surface area contributed by atoms with Gasteiger partial charge in [-0.15, -0.1) is 11.8 Å². The van der Waals surface area contributed by atoms with Gasteiger partial charge in [0.15, 0.2) is 0 Å². The lowest BCUT2D eigenvalue weighted by Gasteiger charge is -2.03. The Balaban J connectivity index is 2.61. The largest absolute Gasteiger partial charge is 0.477 e. The fourth-order valence-electron chi connectivity index (χ4n) is 0.417. The van der Waals surface area contributed by atoms with Gasteiger partial charge in [-0.3, -0.25) is 0 Å². The van der Waals surface area contributed by atoms with Crippen molar-refractivity contribution in [3.8, 4) is 0 Å². The monoisotopic (exact) mass is 143 g/mol. The van der Waals surface area contributed by atoms with Gasteiger partial charge in [-0.1, -0.05) is 0 Å². The number of nitrogens with one attached hydrogen (secondary N) is 1. The van der Waals surface area contributed by atoms with Crippen molar-refractivity contribution in [1.82, 2.24) is 5.32 Å². The van der Waals surface area contributed by atoms with Gasteiger partial charge in [-0.25, -0.2) is 4.79 Å². The molecule has 0 aromatic carbocycles. The number of carbonyl (C=O) groups is 1. The lowest BCUT2D eigenvalue weighted by Crippen LogP contribution is -2.15. The zero-order valence-corrected chi connectivity index (χ0v) is 5.31. The van der Waals surface area contributed by atoms with Crippen LogP contribution in [0.3, 0.4) is 0 Å². The molecule has 0 atom stereocenters. The molecule has 4 heteroatoms. The highest BCUT2D eigenvalue weighted by atomic mass is 32.2. The molecule has 0 fully saturated rings. The topological polar surface area (TPSA) is 49.3 Å². The first-order chi connectivity index (χ1) is 4.30. The SMILES string of the molecule is O=C(O)C1=CSC=CN1. The summed E-state index contributed by atoms with van der Waals surface area (Å²) in [7, 11) is 0. The van der Waals surface area contributed by atoms with Gasteiger partial charge in [0, 0.05) is 11.6 Å². The molecule has 3 nitrogen and oxygen atoms in total. The molecular formula is C5H5NO2S. The van der Waals surface area contributed by atoms with Gasteiger partial charge in [0.2, 0.25) is 0 Å². The van der Waals surface area contributed by atoms with Crippen molar-refractivity contribution in [1.29, 1.82) is 0 Å². The molecule has 0 unspecified atom stereocenters. The molecule has 0 aromatic heterocycles. The molecular weight excluding hydrogens is 138 g/mol. The second-order valence-corrected chi connectivity index (χ2v) is 2.20. The highest BCUT2D eigenvalue weighted by molar-refractivity contribution is 8.05. The fourth-order valence-corrected chi connectivity index (χ4v) is 0.947. The first-order valence-electron chi connectivity index (χ1n) is 2.31. The summed E-state index contributed by atoms with van der Waals surface area (Å²) in [4.78, 5) is 10.2. The van der Waals surface area contributed by atoms with Crippen LogP contribution in [0.1, 0.15) is 0 Å². The summed E-state index contributed by atoms with van der Waals surface area (Å²) in [6, 6.07) is 0. The molecule has 48 valence electrons. The van der Waals surface area contributed by atoms with E-state index in [-0.39, 0.29) is 5.70 Å². The van der Waals surface area contributed by atoms with Crippen LogP contribution in [0, 0.1) is 0 Å². The van der Waals surface area contributed by atoms with E-state index in [2.05, 4.69) is 5.32 Å². The molecule has 0 aromatic rings. The average Bonchev–Trinajstić information content (AvgIpc) is 1.90. The maximum atomic E-state index is 10.2. The molecule has 0 amide bonds. The molecule has 0 saturated heterocycles. The van der Waals surface area contributed by atoms with E-state index in [1.807, 2.05) is 0 Å². The summed E-state index contributed by atoms with van der Waals surface area (Å²) in [6.45, 7) is 0. The second-order valence-electron chi connectivity index (χ2n) is 1.42. The first kappa shape index (κ1) is 6.22. The van der Waals surface area contributed by atoms with Crippen LogP contribution in [0.25, 0.3) is 0 Å². The van der Waals surface area contributed by atoms with Gasteiger partial charge in [0.05, 0.1) is 0 Å². The van der Waals surface area contributed by atoms with Crippen LogP contribution in [0.15, 0.2) is 22.7 Å². The van der Waals surface area contributed by atoms with E-state index in [1.165, 1.54) is 11.8 Å². The molecule has 1 aliphatic heterocycles. The van der Waals surface area contributed by atoms with E-state index in [9.17, 15) is 4.79 Å². The Morgan fingerprint density at radius 2 is 2.56 bits per heavy atom. The summed E-state index contributed by atoms with van der Waals surface area (Å²) in [5.74, 6) is -0.924. The van der Waals surface area contributed by atoms with Crippen molar-refractivity contribution < 1.29 is 9.90 Å². The molecule has 0 bridgehead atoms. The number of hydrogen-bond acceptors (Lipinski definition) is 3. The smallest absolute Gasteiger partial charge is 0.352 e. The van der Waals surface area contributed by atoms with Crippen LogP contribution in [0.5, 0.6) is 0 Å². The van der Waals surface area contributed by atoms with Gasteiger partial charge in [-0.05, 0) is 5.41 Å². The lowest BCUT2D eigenvalue weighted by molar-refractivity contribution is -0.132. The van der Waals surface area contributed by atoms with Crippen LogP contribution in [0.4, 0.5) is 0 Å². The number of thioether (sulfide) groups is 1. The van der Waals surface area contributed by atoms with Gasteiger partial charge >= 0.3 is 5.97 Å². The standard InChI is InChI=1S/C5H5NO2S/c7-5(8)4-3-9-2-1-6-4/h1-3,6H,(H,7,8). The quantitative estimate of drug-likeness (QED) is 0.568. The summed E-state index contributed by atoms with van der Waals surface area (Å²) in [6.07, 6.45) is 1.59. The molecule has 1 aliphatic rings. The number of hydrogen-bond donors (Lipinski definition) is 2. The van der Waals surface area contributed by atoms with Crippen molar-refractivity contribution in [3.63, 3.8) is 0 Å². The Hall–Kier alpha value is -0.900. The predicted octanol–water partition coefficient (Wildman–Crippen LogP) is 0.720. The summed E-state index contributed by atoms with van der Waals surface area (Å²) >= 11 is 1.35. The molecule has 9 heavy (non-hydrogen) atoms. The van der Waals surface area contributed by atoms with Gasteiger partial charge in [0.1, 0.15) is 5.70 Å². The minimum atomic E-state index is -0.924. The van der Waals surface area contributed by atoms with E-state index >= 15 is 0 Å². The molecule has 0 radical (unpaired) electrons. The number of carboxylic acids is 1. The summed E-state index contributed by atoms with van der Waals surface area (Å²) in [5, 5.41) is 14.3. The lowest BCUT2D eigenvalue weighted by atomic mass is 10.5. The third kappa shape index (κ3) is 1.50. The van der Waals surface area contributed by atoms with Crippen LogP contribution < -0.4 is 5.32 Å². The van der Waals surface area contributed by atoms with Crippen molar-refractivity contribution >= 4 is 17.7 Å². The number of rotatable bonds is 1. The highest BCUT2D eigenvalue weighted by Gasteiger charge is 2.05. The molecule has 0 spiro atoms. The van der Waals surface area contributed by atoms with E-state index in [1.54, 1.807) is 17.0 Å². The maximum absolute atomic E-state index is 10.2. The zero-order chi connectivity index (χ0) is 6.69. The summed E-state index contributed by atoms with van der Waals surface area (Å²) in [5.41, 5.74) is 0.225. The fraction of sp³-hybridized carbons (Fsp3) is 0. The second kappa shape index (κ2) is 2.59. The Kier molecular flexibility index (Phi) is 1.79. The van der Waals surface area contributed by atoms with Crippen LogP contribution >= 0.6 is 11.8 Å². The summed E-state index contributed by atoms with van der Waals surface area (Å²) < 4.78 is 0. The number of aliphatic carboxylic acids is 1.